The van der Waals surface area contributed by atoms with Crippen molar-refractivity contribution in [2.24, 2.45) is 11.5 Å². The lowest BCUT2D eigenvalue weighted by Crippen LogP contribution is -2.29. The van der Waals surface area contributed by atoms with Crippen molar-refractivity contribution in [3.63, 3.8) is 0 Å². The van der Waals surface area contributed by atoms with Gasteiger partial charge in [0.15, 0.2) is 0 Å². The molecule has 0 spiro atoms. The van der Waals surface area contributed by atoms with Crippen LogP contribution in [0.2, 0.25) is 0 Å². The highest BCUT2D eigenvalue weighted by Gasteiger charge is 1.96. The molecule has 0 bridgehead atoms. The zero-order valence-corrected chi connectivity index (χ0v) is 6.27. The van der Waals surface area contributed by atoms with Crippen molar-refractivity contribution in [2.75, 3.05) is 6.54 Å². The van der Waals surface area contributed by atoms with Crippen LogP contribution < -0.4 is 11.5 Å². The first-order chi connectivity index (χ1) is 4.31. The number of hydrogen-bond donors (Lipinski definition) is 2. The molecule has 56 valence electrons. The molecule has 1 atom stereocenters. The molecule has 0 aliphatic heterocycles. The van der Waals surface area contributed by atoms with E-state index in [1.54, 1.807) is 0 Å². The topological polar surface area (TPSA) is 52.0 Å². The maximum Gasteiger partial charge on any atom is 0.0163 e. The molecule has 0 amide bonds. The molecule has 0 saturated carbocycles. The van der Waals surface area contributed by atoms with Crippen LogP contribution in [0.25, 0.3) is 0 Å². The third-order valence-electron chi connectivity index (χ3n) is 1.48. The summed E-state index contributed by atoms with van der Waals surface area (Å²) in [6.45, 7) is 2.82. The molecule has 0 aromatic heterocycles. The number of unbranched alkanes of at least 4 members (excludes halogenated alkanes) is 2. The highest BCUT2D eigenvalue weighted by atomic mass is 14.7. The molecular formula is C7H18N2. The largest absolute Gasteiger partial charge is 0.329 e. The lowest BCUT2D eigenvalue weighted by Gasteiger charge is -2.05. The molecule has 0 saturated heterocycles. The second-order valence-electron chi connectivity index (χ2n) is 2.49. The average Bonchev–Trinajstić information content (AvgIpc) is 1.89. The summed E-state index contributed by atoms with van der Waals surface area (Å²) in [5.74, 6) is 0. The Morgan fingerprint density at radius 3 is 2.44 bits per heavy atom. The highest BCUT2D eigenvalue weighted by Crippen LogP contribution is 1.99. The van der Waals surface area contributed by atoms with Gasteiger partial charge in [0.2, 0.25) is 0 Å². The van der Waals surface area contributed by atoms with Gasteiger partial charge in [-0.15, -0.1) is 0 Å². The zero-order chi connectivity index (χ0) is 7.11. The summed E-state index contributed by atoms with van der Waals surface area (Å²) in [7, 11) is 0. The van der Waals surface area contributed by atoms with Gasteiger partial charge in [0, 0.05) is 12.6 Å². The molecule has 0 aromatic rings. The zero-order valence-electron chi connectivity index (χ0n) is 6.27. The van der Waals surface area contributed by atoms with Crippen LogP contribution in [-0.2, 0) is 0 Å². The molecule has 0 unspecified atom stereocenters. The van der Waals surface area contributed by atoms with Gasteiger partial charge in [-0.3, -0.25) is 0 Å². The van der Waals surface area contributed by atoms with Gasteiger partial charge in [0.1, 0.15) is 0 Å². The first kappa shape index (κ1) is 8.92. The van der Waals surface area contributed by atoms with Crippen LogP contribution in [0, 0.1) is 0 Å². The van der Waals surface area contributed by atoms with E-state index in [-0.39, 0.29) is 6.04 Å². The third-order valence-corrected chi connectivity index (χ3v) is 1.48. The van der Waals surface area contributed by atoms with E-state index in [1.807, 2.05) is 0 Å². The van der Waals surface area contributed by atoms with Gasteiger partial charge in [0.05, 0.1) is 0 Å². The Morgan fingerprint density at radius 1 is 1.33 bits per heavy atom. The van der Waals surface area contributed by atoms with Gasteiger partial charge in [-0.1, -0.05) is 26.2 Å². The second kappa shape index (κ2) is 6.05. The first-order valence-corrected chi connectivity index (χ1v) is 3.77. The van der Waals surface area contributed by atoms with Crippen molar-refractivity contribution in [2.45, 2.75) is 38.6 Å². The molecule has 4 N–H and O–H groups in total. The fraction of sp³-hybridized carbons (Fsp3) is 1.00. The van der Waals surface area contributed by atoms with Crippen LogP contribution in [0.4, 0.5) is 0 Å². The summed E-state index contributed by atoms with van der Waals surface area (Å²) in [4.78, 5) is 0. The summed E-state index contributed by atoms with van der Waals surface area (Å²) >= 11 is 0. The van der Waals surface area contributed by atoms with Gasteiger partial charge < -0.3 is 11.5 Å². The molecule has 0 aromatic carbocycles. The summed E-state index contributed by atoms with van der Waals surface area (Å²) in [5, 5.41) is 0. The summed E-state index contributed by atoms with van der Waals surface area (Å²) < 4.78 is 0. The number of nitrogens with two attached hydrogens (primary N) is 2. The normalized spacial score (nSPS) is 13.7. The Bertz CT molecular complexity index is 54.9. The lowest BCUT2D eigenvalue weighted by molar-refractivity contribution is 0.566. The molecule has 0 heterocycles. The fourth-order valence-electron chi connectivity index (χ4n) is 0.774. The van der Waals surface area contributed by atoms with E-state index in [9.17, 15) is 0 Å². The number of rotatable bonds is 5. The van der Waals surface area contributed by atoms with Gasteiger partial charge in [-0.05, 0) is 6.42 Å². The smallest absolute Gasteiger partial charge is 0.0163 e. The maximum absolute atomic E-state index is 5.59. The van der Waals surface area contributed by atoms with Crippen molar-refractivity contribution in [1.29, 1.82) is 0 Å². The molecule has 0 radical (unpaired) electrons. The summed E-state index contributed by atoms with van der Waals surface area (Å²) in [6.07, 6.45) is 4.87. The lowest BCUT2D eigenvalue weighted by atomic mass is 10.1. The fourth-order valence-corrected chi connectivity index (χ4v) is 0.774. The Balaban J connectivity index is 2.88. The Kier molecular flexibility index (Phi) is 5.99. The van der Waals surface area contributed by atoms with Crippen molar-refractivity contribution in [3.05, 3.63) is 0 Å². The molecule has 2 heteroatoms. The molecule has 2 nitrogen and oxygen atoms in total. The average molecular weight is 130 g/mol. The van der Waals surface area contributed by atoms with Gasteiger partial charge in [-0.25, -0.2) is 0 Å². The van der Waals surface area contributed by atoms with Crippen LogP contribution in [-0.4, -0.2) is 12.6 Å². The van der Waals surface area contributed by atoms with Crippen LogP contribution >= 0.6 is 0 Å². The predicted octanol–water partition coefficient (Wildman–Crippen LogP) is 0.853. The van der Waals surface area contributed by atoms with Crippen molar-refractivity contribution >= 4 is 0 Å². The van der Waals surface area contributed by atoms with Crippen molar-refractivity contribution in [1.82, 2.24) is 0 Å². The van der Waals surface area contributed by atoms with Gasteiger partial charge >= 0.3 is 0 Å². The highest BCUT2D eigenvalue weighted by molar-refractivity contribution is 4.60. The van der Waals surface area contributed by atoms with Crippen LogP contribution in [0.1, 0.15) is 32.6 Å². The first-order valence-electron chi connectivity index (χ1n) is 3.77. The van der Waals surface area contributed by atoms with E-state index in [0.717, 1.165) is 6.42 Å². The van der Waals surface area contributed by atoms with E-state index in [2.05, 4.69) is 6.92 Å². The maximum atomic E-state index is 5.59. The third kappa shape index (κ3) is 5.80. The van der Waals surface area contributed by atoms with Crippen molar-refractivity contribution < 1.29 is 0 Å². The van der Waals surface area contributed by atoms with E-state index in [1.165, 1.54) is 19.3 Å². The molecule has 0 rings (SSSR count). The Hall–Kier alpha value is -0.0800. The standard InChI is InChI=1S/C7H18N2/c1-2-3-4-5-7(9)6-8/h7H,2-6,8-9H2,1H3/t7-/m0/s1. The quantitative estimate of drug-likeness (QED) is 0.542. The summed E-state index contributed by atoms with van der Waals surface area (Å²) in [6, 6.07) is 0.233. The molecule has 9 heavy (non-hydrogen) atoms. The monoisotopic (exact) mass is 130 g/mol. The molecule has 0 aliphatic carbocycles. The second-order valence-corrected chi connectivity index (χ2v) is 2.49. The van der Waals surface area contributed by atoms with Crippen LogP contribution in [0.15, 0.2) is 0 Å². The summed E-state index contributed by atoms with van der Waals surface area (Å²) in [5.41, 5.74) is 10.9. The minimum atomic E-state index is 0.233. The Labute approximate surface area is 57.6 Å². The Morgan fingerprint density at radius 2 is 2.00 bits per heavy atom. The SMILES string of the molecule is CCCCC[C@H](N)CN. The van der Waals surface area contributed by atoms with Crippen LogP contribution in [0.3, 0.4) is 0 Å². The van der Waals surface area contributed by atoms with Gasteiger partial charge in [-0.2, -0.15) is 0 Å². The predicted molar refractivity (Wildman–Crippen MR) is 41.2 cm³/mol. The molecule has 0 aliphatic rings. The van der Waals surface area contributed by atoms with E-state index < -0.39 is 0 Å². The van der Waals surface area contributed by atoms with E-state index in [0.29, 0.717) is 6.54 Å². The minimum Gasteiger partial charge on any atom is -0.329 e. The van der Waals surface area contributed by atoms with Gasteiger partial charge in [0.25, 0.3) is 0 Å². The van der Waals surface area contributed by atoms with Crippen LogP contribution in [0.5, 0.6) is 0 Å². The molecule has 0 fully saturated rings. The molecular weight excluding hydrogens is 112 g/mol. The van der Waals surface area contributed by atoms with E-state index >= 15 is 0 Å². The minimum absolute atomic E-state index is 0.233. The number of hydrogen-bond acceptors (Lipinski definition) is 2. The van der Waals surface area contributed by atoms with E-state index in [4.69, 9.17) is 11.5 Å². The van der Waals surface area contributed by atoms with Crippen molar-refractivity contribution in [3.8, 4) is 0 Å².